The Bertz CT molecular complexity index is 361. The first kappa shape index (κ1) is 10.2. The second-order valence-corrected chi connectivity index (χ2v) is 2.62. The van der Waals surface area contributed by atoms with Gasteiger partial charge in [-0.3, -0.25) is 0 Å². The summed E-state index contributed by atoms with van der Waals surface area (Å²) in [6, 6.07) is 3.58. The molecule has 0 bridgehead atoms. The van der Waals surface area contributed by atoms with Gasteiger partial charge >= 0.3 is 0 Å². The summed E-state index contributed by atoms with van der Waals surface area (Å²) in [5, 5.41) is 22.5. The molecule has 5 heteroatoms. The van der Waals surface area contributed by atoms with E-state index < -0.39 is 0 Å². The molecule has 0 fully saturated rings. The fourth-order valence-electron chi connectivity index (χ4n) is 1.12. The summed E-state index contributed by atoms with van der Waals surface area (Å²) in [6.07, 6.45) is 3.27. The summed E-state index contributed by atoms with van der Waals surface area (Å²) < 4.78 is 0. The molecule has 1 aromatic heterocycles. The van der Waals surface area contributed by atoms with Gasteiger partial charge in [0, 0.05) is 0 Å². The minimum atomic E-state index is 0.514. The van der Waals surface area contributed by atoms with Crippen molar-refractivity contribution in [1.82, 2.24) is 4.98 Å². The first-order valence-electron chi connectivity index (χ1n) is 4.16. The molecule has 0 aromatic carbocycles. The third-order valence-corrected chi connectivity index (χ3v) is 1.78. The molecular weight excluding hydrogens is 182 g/mol. The maximum absolute atomic E-state index is 8.41. The molecule has 0 amide bonds. The number of aromatic nitrogens is 1. The summed E-state index contributed by atoms with van der Waals surface area (Å²) in [5.41, 5.74) is 2.06. The topological polar surface area (TPSA) is 78.1 Å². The molecular formula is C9H11N3O2. The van der Waals surface area contributed by atoms with Gasteiger partial charge in [-0.2, -0.15) is 0 Å². The van der Waals surface area contributed by atoms with Crippen LogP contribution in [0.2, 0.25) is 0 Å². The molecule has 0 radical (unpaired) electrons. The van der Waals surface area contributed by atoms with E-state index in [9.17, 15) is 0 Å². The summed E-state index contributed by atoms with van der Waals surface area (Å²) in [5.74, 6) is 0. The van der Waals surface area contributed by atoms with Crippen LogP contribution in [0.5, 0.6) is 0 Å². The third-order valence-electron chi connectivity index (χ3n) is 1.78. The van der Waals surface area contributed by atoms with E-state index in [-0.39, 0.29) is 0 Å². The Morgan fingerprint density at radius 2 is 2.00 bits per heavy atom. The van der Waals surface area contributed by atoms with E-state index in [1.165, 1.54) is 12.4 Å². The van der Waals surface area contributed by atoms with Gasteiger partial charge in [0.25, 0.3) is 0 Å². The Morgan fingerprint density at radius 1 is 1.29 bits per heavy atom. The predicted molar refractivity (Wildman–Crippen MR) is 52.4 cm³/mol. The zero-order chi connectivity index (χ0) is 10.4. The lowest BCUT2D eigenvalue weighted by molar-refractivity contribution is 0.321. The van der Waals surface area contributed by atoms with Gasteiger partial charge in [-0.1, -0.05) is 23.3 Å². The summed E-state index contributed by atoms with van der Waals surface area (Å²) in [6.45, 7) is 1.98. The first-order valence-corrected chi connectivity index (χ1v) is 4.16. The number of aryl methyl sites for hydroxylation is 1. The number of hydrogen-bond acceptors (Lipinski definition) is 5. The minimum absolute atomic E-state index is 0.514. The molecule has 5 nitrogen and oxygen atoms in total. The molecule has 0 spiro atoms. The SMILES string of the molecule is CCc1ccc(C=NO)nc1C=NO. The molecule has 2 N–H and O–H groups in total. The van der Waals surface area contributed by atoms with Crippen molar-refractivity contribution in [3.63, 3.8) is 0 Å². The Kier molecular flexibility index (Phi) is 3.60. The van der Waals surface area contributed by atoms with Crippen LogP contribution in [-0.2, 0) is 6.42 Å². The van der Waals surface area contributed by atoms with Crippen molar-refractivity contribution in [3.05, 3.63) is 29.1 Å². The van der Waals surface area contributed by atoms with Crippen molar-refractivity contribution in [2.75, 3.05) is 0 Å². The van der Waals surface area contributed by atoms with Crippen LogP contribution < -0.4 is 0 Å². The molecule has 14 heavy (non-hydrogen) atoms. The van der Waals surface area contributed by atoms with Crippen LogP contribution in [0.25, 0.3) is 0 Å². The van der Waals surface area contributed by atoms with Gasteiger partial charge in [0.2, 0.25) is 0 Å². The Balaban J connectivity index is 3.13. The summed E-state index contributed by atoms with van der Waals surface area (Å²) in [4.78, 5) is 4.10. The number of hydrogen-bond donors (Lipinski definition) is 2. The van der Waals surface area contributed by atoms with E-state index in [1.54, 1.807) is 6.07 Å². The van der Waals surface area contributed by atoms with Crippen molar-refractivity contribution in [1.29, 1.82) is 0 Å². The summed E-state index contributed by atoms with van der Waals surface area (Å²) >= 11 is 0. The molecule has 0 aliphatic rings. The molecule has 1 heterocycles. The fraction of sp³-hybridized carbons (Fsp3) is 0.222. The number of rotatable bonds is 3. The molecule has 0 aliphatic carbocycles. The van der Waals surface area contributed by atoms with Gasteiger partial charge in [-0.15, -0.1) is 0 Å². The van der Waals surface area contributed by atoms with Gasteiger partial charge in [0.1, 0.15) is 0 Å². The van der Waals surface area contributed by atoms with Crippen molar-refractivity contribution < 1.29 is 10.4 Å². The smallest absolute Gasteiger partial charge is 0.0921 e. The lowest BCUT2D eigenvalue weighted by Gasteiger charge is -2.01. The van der Waals surface area contributed by atoms with Gasteiger partial charge in [-0.25, -0.2) is 4.98 Å². The maximum Gasteiger partial charge on any atom is 0.0921 e. The Labute approximate surface area is 81.4 Å². The Morgan fingerprint density at radius 3 is 2.57 bits per heavy atom. The molecule has 0 atom stereocenters. The van der Waals surface area contributed by atoms with Gasteiger partial charge in [-0.05, 0) is 18.1 Å². The van der Waals surface area contributed by atoms with Crippen LogP contribution >= 0.6 is 0 Å². The van der Waals surface area contributed by atoms with E-state index in [1.807, 2.05) is 13.0 Å². The van der Waals surface area contributed by atoms with E-state index in [0.29, 0.717) is 11.4 Å². The van der Waals surface area contributed by atoms with Crippen molar-refractivity contribution in [2.24, 2.45) is 10.3 Å². The lowest BCUT2D eigenvalue weighted by atomic mass is 10.1. The number of pyridine rings is 1. The highest BCUT2D eigenvalue weighted by atomic mass is 16.4. The van der Waals surface area contributed by atoms with Crippen LogP contribution in [0.4, 0.5) is 0 Å². The zero-order valence-corrected chi connectivity index (χ0v) is 7.75. The number of nitrogens with zero attached hydrogens (tertiary/aromatic N) is 3. The van der Waals surface area contributed by atoms with E-state index in [0.717, 1.165) is 12.0 Å². The zero-order valence-electron chi connectivity index (χ0n) is 7.75. The van der Waals surface area contributed by atoms with Crippen LogP contribution in [-0.4, -0.2) is 27.8 Å². The molecule has 0 unspecified atom stereocenters. The van der Waals surface area contributed by atoms with Crippen LogP contribution in [0.15, 0.2) is 22.4 Å². The highest BCUT2D eigenvalue weighted by Gasteiger charge is 2.01. The highest BCUT2D eigenvalue weighted by molar-refractivity contribution is 5.82. The van der Waals surface area contributed by atoms with Crippen molar-refractivity contribution in [2.45, 2.75) is 13.3 Å². The molecule has 0 saturated heterocycles. The third kappa shape index (κ3) is 2.29. The highest BCUT2D eigenvalue weighted by Crippen LogP contribution is 2.05. The standard InChI is InChI=1S/C9H11N3O2/c1-2-7-3-4-8(5-10-13)12-9(7)6-11-14/h3-6,13-14H,2H2,1H3. The monoisotopic (exact) mass is 193 g/mol. The van der Waals surface area contributed by atoms with Crippen molar-refractivity contribution in [3.8, 4) is 0 Å². The van der Waals surface area contributed by atoms with E-state index in [2.05, 4.69) is 15.3 Å². The largest absolute Gasteiger partial charge is 0.411 e. The van der Waals surface area contributed by atoms with Gasteiger partial charge in [0.15, 0.2) is 0 Å². The molecule has 1 rings (SSSR count). The normalized spacial score (nSPS) is 11.5. The predicted octanol–water partition coefficient (Wildman–Crippen LogP) is 1.26. The molecule has 0 saturated carbocycles. The average Bonchev–Trinajstić information content (AvgIpc) is 2.19. The van der Waals surface area contributed by atoms with E-state index in [4.69, 9.17) is 10.4 Å². The molecule has 1 aromatic rings. The Hall–Kier alpha value is -1.91. The van der Waals surface area contributed by atoms with Crippen LogP contribution in [0, 0.1) is 0 Å². The van der Waals surface area contributed by atoms with E-state index >= 15 is 0 Å². The average molecular weight is 193 g/mol. The fourth-order valence-corrected chi connectivity index (χ4v) is 1.12. The van der Waals surface area contributed by atoms with Gasteiger partial charge < -0.3 is 10.4 Å². The molecule has 74 valence electrons. The van der Waals surface area contributed by atoms with Crippen LogP contribution in [0.1, 0.15) is 23.9 Å². The minimum Gasteiger partial charge on any atom is -0.411 e. The van der Waals surface area contributed by atoms with Crippen molar-refractivity contribution >= 4 is 12.4 Å². The molecule has 0 aliphatic heterocycles. The lowest BCUT2D eigenvalue weighted by Crippen LogP contribution is -1.99. The maximum atomic E-state index is 8.41. The van der Waals surface area contributed by atoms with Crippen LogP contribution in [0.3, 0.4) is 0 Å². The first-order chi connectivity index (χ1) is 6.81. The van der Waals surface area contributed by atoms with Gasteiger partial charge in [0.05, 0.1) is 23.8 Å². The summed E-state index contributed by atoms with van der Waals surface area (Å²) in [7, 11) is 0. The second-order valence-electron chi connectivity index (χ2n) is 2.62. The second kappa shape index (κ2) is 4.96. The quantitative estimate of drug-likeness (QED) is 0.431. The number of oxime groups is 2.